The van der Waals surface area contributed by atoms with E-state index >= 15 is 0 Å². The van der Waals surface area contributed by atoms with E-state index < -0.39 is 0 Å². The van der Waals surface area contributed by atoms with E-state index in [0.717, 1.165) is 0 Å². The molecule has 1 aliphatic heterocycles. The monoisotopic (exact) mass is 139 g/mol. The summed E-state index contributed by atoms with van der Waals surface area (Å²) < 4.78 is 0. The van der Waals surface area contributed by atoms with Crippen molar-refractivity contribution in [2.24, 2.45) is 5.92 Å². The SMILES string of the molecule is CC=C1C(=O)NC(=O)C1C. The van der Waals surface area contributed by atoms with Crippen LogP contribution in [0.15, 0.2) is 11.6 Å². The van der Waals surface area contributed by atoms with Crippen molar-refractivity contribution in [3.63, 3.8) is 0 Å². The van der Waals surface area contributed by atoms with E-state index in [0.29, 0.717) is 5.57 Å². The average Bonchev–Trinajstić information content (AvgIpc) is 2.09. The molecule has 0 aromatic carbocycles. The Balaban J connectivity index is 2.95. The number of rotatable bonds is 0. The molecule has 3 nitrogen and oxygen atoms in total. The van der Waals surface area contributed by atoms with Crippen LogP contribution in [-0.4, -0.2) is 11.8 Å². The molecule has 2 amide bonds. The van der Waals surface area contributed by atoms with Gasteiger partial charge in [0, 0.05) is 5.57 Å². The van der Waals surface area contributed by atoms with E-state index in [2.05, 4.69) is 5.32 Å². The summed E-state index contributed by atoms with van der Waals surface area (Å²) in [6.07, 6.45) is 1.67. The Morgan fingerprint density at radius 3 is 2.30 bits per heavy atom. The van der Waals surface area contributed by atoms with Crippen LogP contribution >= 0.6 is 0 Å². The van der Waals surface area contributed by atoms with Gasteiger partial charge in [-0.15, -0.1) is 0 Å². The number of imide groups is 1. The van der Waals surface area contributed by atoms with Crippen molar-refractivity contribution in [3.05, 3.63) is 11.6 Å². The Morgan fingerprint density at radius 1 is 1.50 bits per heavy atom. The highest BCUT2D eigenvalue weighted by Crippen LogP contribution is 2.16. The molecule has 0 aromatic rings. The van der Waals surface area contributed by atoms with Crippen molar-refractivity contribution in [1.29, 1.82) is 0 Å². The first-order valence-corrected chi connectivity index (χ1v) is 3.18. The summed E-state index contributed by atoms with van der Waals surface area (Å²) in [5.74, 6) is -0.712. The quantitative estimate of drug-likeness (QED) is 0.385. The molecule has 1 N–H and O–H groups in total. The van der Waals surface area contributed by atoms with Gasteiger partial charge in [0.1, 0.15) is 0 Å². The first-order chi connectivity index (χ1) is 4.66. The second kappa shape index (κ2) is 2.25. The molecule has 0 aliphatic carbocycles. The molecule has 54 valence electrons. The lowest BCUT2D eigenvalue weighted by Crippen LogP contribution is -2.21. The molecule has 1 unspecified atom stereocenters. The molecule has 0 spiro atoms. The summed E-state index contributed by atoms with van der Waals surface area (Å²) in [7, 11) is 0. The standard InChI is InChI=1S/C7H9NO2/c1-3-5-4(2)6(9)8-7(5)10/h3-4H,1-2H3,(H,8,9,10). The van der Waals surface area contributed by atoms with Crippen LogP contribution in [0, 0.1) is 5.92 Å². The zero-order valence-corrected chi connectivity index (χ0v) is 5.97. The van der Waals surface area contributed by atoms with Crippen LogP contribution in [-0.2, 0) is 9.59 Å². The van der Waals surface area contributed by atoms with Gasteiger partial charge in [0.2, 0.25) is 5.91 Å². The van der Waals surface area contributed by atoms with Crippen LogP contribution in [0.1, 0.15) is 13.8 Å². The number of hydrogen-bond acceptors (Lipinski definition) is 2. The second-order valence-electron chi connectivity index (χ2n) is 2.28. The van der Waals surface area contributed by atoms with E-state index in [1.165, 1.54) is 0 Å². The highest BCUT2D eigenvalue weighted by atomic mass is 16.2. The van der Waals surface area contributed by atoms with Crippen molar-refractivity contribution < 1.29 is 9.59 Å². The number of hydrogen-bond donors (Lipinski definition) is 1. The van der Waals surface area contributed by atoms with Gasteiger partial charge >= 0.3 is 0 Å². The van der Waals surface area contributed by atoms with Crippen molar-refractivity contribution in [2.75, 3.05) is 0 Å². The Labute approximate surface area is 59.1 Å². The molecule has 0 bridgehead atoms. The maximum Gasteiger partial charge on any atom is 0.254 e. The molecule has 1 aliphatic rings. The van der Waals surface area contributed by atoms with Crippen LogP contribution in [0.4, 0.5) is 0 Å². The fraction of sp³-hybridized carbons (Fsp3) is 0.429. The van der Waals surface area contributed by atoms with Gasteiger partial charge in [-0.1, -0.05) is 6.08 Å². The molecule has 1 atom stereocenters. The molecule has 1 fully saturated rings. The fourth-order valence-electron chi connectivity index (χ4n) is 1.01. The first-order valence-electron chi connectivity index (χ1n) is 3.18. The van der Waals surface area contributed by atoms with E-state index in [-0.39, 0.29) is 17.7 Å². The second-order valence-corrected chi connectivity index (χ2v) is 2.28. The van der Waals surface area contributed by atoms with Crippen LogP contribution in [0.2, 0.25) is 0 Å². The van der Waals surface area contributed by atoms with Gasteiger partial charge < -0.3 is 0 Å². The predicted octanol–water partition coefficient (Wildman–Crippen LogP) is 0.225. The Kier molecular flexibility index (Phi) is 1.57. The molecule has 0 saturated carbocycles. The molecule has 1 rings (SSSR count). The molecular formula is C7H9NO2. The Hall–Kier alpha value is -1.12. The minimum Gasteiger partial charge on any atom is -0.292 e. The number of allylic oxidation sites excluding steroid dienone is 1. The van der Waals surface area contributed by atoms with Crippen LogP contribution in [0.25, 0.3) is 0 Å². The van der Waals surface area contributed by atoms with E-state index in [9.17, 15) is 9.59 Å². The van der Waals surface area contributed by atoms with Gasteiger partial charge in [0.25, 0.3) is 5.91 Å². The minimum atomic E-state index is -0.266. The topological polar surface area (TPSA) is 46.2 Å². The lowest BCUT2D eigenvalue weighted by atomic mass is 10.0. The molecule has 0 radical (unpaired) electrons. The normalized spacial score (nSPS) is 29.4. The Bertz CT molecular complexity index is 218. The molecule has 0 aromatic heterocycles. The van der Waals surface area contributed by atoms with Crippen LogP contribution in [0.3, 0.4) is 0 Å². The summed E-state index contributed by atoms with van der Waals surface area (Å²) in [6.45, 7) is 3.47. The van der Waals surface area contributed by atoms with Crippen LogP contribution in [0.5, 0.6) is 0 Å². The average molecular weight is 139 g/mol. The molecular weight excluding hydrogens is 130 g/mol. The first kappa shape index (κ1) is 6.99. The lowest BCUT2D eigenvalue weighted by molar-refractivity contribution is -0.125. The summed E-state index contributed by atoms with van der Waals surface area (Å²) in [5, 5.41) is 2.22. The molecule has 1 heterocycles. The highest BCUT2D eigenvalue weighted by molar-refractivity contribution is 6.14. The fourth-order valence-corrected chi connectivity index (χ4v) is 1.01. The number of carbonyl (C=O) groups is 2. The third-order valence-electron chi connectivity index (χ3n) is 1.67. The van der Waals surface area contributed by atoms with Gasteiger partial charge in [-0.25, -0.2) is 0 Å². The number of nitrogens with one attached hydrogen (secondary N) is 1. The summed E-state index contributed by atoms with van der Waals surface area (Å²) in [5.41, 5.74) is 0.574. The lowest BCUT2D eigenvalue weighted by Gasteiger charge is -1.94. The zero-order valence-electron chi connectivity index (χ0n) is 5.97. The van der Waals surface area contributed by atoms with Crippen molar-refractivity contribution >= 4 is 11.8 Å². The predicted molar refractivity (Wildman–Crippen MR) is 36.1 cm³/mol. The van der Waals surface area contributed by atoms with Crippen molar-refractivity contribution in [1.82, 2.24) is 5.32 Å². The summed E-state index contributed by atoms with van der Waals surface area (Å²) >= 11 is 0. The zero-order chi connectivity index (χ0) is 7.72. The van der Waals surface area contributed by atoms with Gasteiger partial charge in [-0.2, -0.15) is 0 Å². The van der Waals surface area contributed by atoms with Gasteiger partial charge in [-0.05, 0) is 13.8 Å². The Morgan fingerprint density at radius 2 is 2.10 bits per heavy atom. The maximum absolute atomic E-state index is 10.8. The molecule has 3 heteroatoms. The van der Waals surface area contributed by atoms with Crippen molar-refractivity contribution in [2.45, 2.75) is 13.8 Å². The highest BCUT2D eigenvalue weighted by Gasteiger charge is 2.31. The van der Waals surface area contributed by atoms with E-state index in [4.69, 9.17) is 0 Å². The molecule has 10 heavy (non-hydrogen) atoms. The van der Waals surface area contributed by atoms with Gasteiger partial charge in [0.15, 0.2) is 0 Å². The minimum absolute atomic E-state index is 0.196. The third kappa shape index (κ3) is 0.835. The van der Waals surface area contributed by atoms with Gasteiger partial charge in [0.05, 0.1) is 5.92 Å². The summed E-state index contributed by atoms with van der Waals surface area (Å²) in [4.78, 5) is 21.6. The maximum atomic E-state index is 10.8. The largest absolute Gasteiger partial charge is 0.292 e. The smallest absolute Gasteiger partial charge is 0.254 e. The number of carbonyl (C=O) groups excluding carboxylic acids is 2. The molecule has 1 saturated heterocycles. The van der Waals surface area contributed by atoms with E-state index in [1.54, 1.807) is 19.9 Å². The van der Waals surface area contributed by atoms with Gasteiger partial charge in [-0.3, -0.25) is 14.9 Å². The van der Waals surface area contributed by atoms with Crippen molar-refractivity contribution in [3.8, 4) is 0 Å². The van der Waals surface area contributed by atoms with Crippen LogP contribution < -0.4 is 5.32 Å². The summed E-state index contributed by atoms with van der Waals surface area (Å²) in [6, 6.07) is 0. The third-order valence-corrected chi connectivity index (χ3v) is 1.67. The number of amides is 2. The van der Waals surface area contributed by atoms with E-state index in [1.807, 2.05) is 0 Å².